The summed E-state index contributed by atoms with van der Waals surface area (Å²) in [4.78, 5) is 13.7. The van der Waals surface area contributed by atoms with Crippen molar-refractivity contribution in [3.63, 3.8) is 0 Å². The van der Waals surface area contributed by atoms with Gasteiger partial charge in [-0.25, -0.2) is 4.79 Å². The van der Waals surface area contributed by atoms with Crippen LogP contribution in [0.15, 0.2) is 78.9 Å². The number of hydrogen-bond acceptors (Lipinski definition) is 5. The van der Waals surface area contributed by atoms with E-state index in [0.717, 1.165) is 5.75 Å². The first-order valence-electron chi connectivity index (χ1n) is 9.47. The summed E-state index contributed by atoms with van der Waals surface area (Å²) in [5.74, 6) is 2.12. The van der Waals surface area contributed by atoms with Crippen molar-refractivity contribution in [2.24, 2.45) is 5.73 Å². The maximum atomic E-state index is 12.2. The van der Waals surface area contributed by atoms with Gasteiger partial charge in [-0.05, 0) is 60.7 Å². The minimum Gasteiger partial charge on any atom is -0.490 e. The summed E-state index contributed by atoms with van der Waals surface area (Å²) in [5, 5.41) is 7.44. The summed E-state index contributed by atoms with van der Waals surface area (Å²) in [6.07, 6.45) is -0.809. The van der Waals surface area contributed by atoms with Crippen LogP contribution in [0.2, 0.25) is 0 Å². The zero-order valence-electron chi connectivity index (χ0n) is 16.2. The Morgan fingerprint density at radius 3 is 2.27 bits per heavy atom. The topological polar surface area (TPSA) is 97.9 Å². The summed E-state index contributed by atoms with van der Waals surface area (Å²) >= 11 is 0. The van der Waals surface area contributed by atoms with Crippen LogP contribution in [0, 0.1) is 5.41 Å². The number of nitrogens with one attached hydrogen (secondary N) is 1. The summed E-state index contributed by atoms with van der Waals surface area (Å²) in [6.45, 7) is 0.625. The fourth-order valence-electron chi connectivity index (χ4n) is 3.06. The molecule has 7 nitrogen and oxygen atoms in total. The van der Waals surface area contributed by atoms with Gasteiger partial charge in [0.1, 0.15) is 29.7 Å². The standard InChI is InChI=1S/C23H21N3O4/c24-22(25)16-6-8-17(9-7-16)26-14-21(30-23(26)27)15-28-18-10-12-20(13-11-18)29-19-4-2-1-3-5-19/h1-13,21H,14-15H2,(H3,24,25). The summed E-state index contributed by atoms with van der Waals surface area (Å²) in [6, 6.07) is 23.7. The molecule has 3 aromatic carbocycles. The lowest BCUT2D eigenvalue weighted by molar-refractivity contribution is 0.105. The van der Waals surface area contributed by atoms with Crippen LogP contribution in [0.4, 0.5) is 10.5 Å². The maximum Gasteiger partial charge on any atom is 0.414 e. The van der Waals surface area contributed by atoms with Gasteiger partial charge >= 0.3 is 6.09 Å². The van der Waals surface area contributed by atoms with Gasteiger partial charge in [-0.3, -0.25) is 10.3 Å². The number of ether oxygens (including phenoxy) is 3. The first kappa shape index (κ1) is 19.3. The van der Waals surface area contributed by atoms with Crippen molar-refractivity contribution in [2.75, 3.05) is 18.1 Å². The number of hydrogen-bond donors (Lipinski definition) is 2. The van der Waals surface area contributed by atoms with E-state index in [-0.39, 0.29) is 18.5 Å². The van der Waals surface area contributed by atoms with E-state index in [9.17, 15) is 4.79 Å². The Kier molecular flexibility index (Phi) is 5.52. The van der Waals surface area contributed by atoms with Crippen molar-refractivity contribution in [3.05, 3.63) is 84.4 Å². The van der Waals surface area contributed by atoms with Gasteiger partial charge in [-0.1, -0.05) is 18.2 Å². The first-order chi connectivity index (χ1) is 14.6. The first-order valence-corrected chi connectivity index (χ1v) is 9.47. The van der Waals surface area contributed by atoms with E-state index in [4.69, 9.17) is 25.4 Å². The number of rotatable bonds is 7. The van der Waals surface area contributed by atoms with Crippen molar-refractivity contribution >= 4 is 17.6 Å². The maximum absolute atomic E-state index is 12.2. The molecule has 1 fully saturated rings. The molecule has 1 amide bonds. The van der Waals surface area contributed by atoms with Crippen LogP contribution < -0.4 is 20.1 Å². The largest absolute Gasteiger partial charge is 0.490 e. The van der Waals surface area contributed by atoms with Gasteiger partial charge in [0.15, 0.2) is 6.10 Å². The van der Waals surface area contributed by atoms with Gasteiger partial charge in [0.2, 0.25) is 0 Å². The van der Waals surface area contributed by atoms with Crippen LogP contribution in [-0.2, 0) is 4.74 Å². The highest BCUT2D eigenvalue weighted by Gasteiger charge is 2.32. The van der Waals surface area contributed by atoms with Crippen LogP contribution in [-0.4, -0.2) is 31.2 Å². The van der Waals surface area contributed by atoms with E-state index < -0.39 is 6.09 Å². The second kappa shape index (κ2) is 8.57. The molecule has 1 atom stereocenters. The monoisotopic (exact) mass is 403 g/mol. The molecule has 1 saturated heterocycles. The van der Waals surface area contributed by atoms with E-state index in [1.54, 1.807) is 24.3 Å². The van der Waals surface area contributed by atoms with Crippen molar-refractivity contribution in [1.29, 1.82) is 5.41 Å². The number of nitrogens with two attached hydrogens (primary N) is 1. The lowest BCUT2D eigenvalue weighted by atomic mass is 10.2. The van der Waals surface area contributed by atoms with Crippen molar-refractivity contribution < 1.29 is 19.0 Å². The van der Waals surface area contributed by atoms with Gasteiger partial charge in [0.25, 0.3) is 0 Å². The molecule has 1 heterocycles. The predicted molar refractivity (Wildman–Crippen MR) is 114 cm³/mol. The predicted octanol–water partition coefficient (Wildman–Crippen LogP) is 4.17. The quantitative estimate of drug-likeness (QED) is 0.456. The highest BCUT2D eigenvalue weighted by molar-refractivity contribution is 5.96. The Bertz CT molecular complexity index is 1020. The number of carbonyl (C=O) groups is 1. The van der Waals surface area contributed by atoms with Gasteiger partial charge in [0.05, 0.1) is 6.54 Å². The van der Waals surface area contributed by atoms with Gasteiger partial charge in [-0.15, -0.1) is 0 Å². The van der Waals surface area contributed by atoms with Crippen molar-refractivity contribution in [2.45, 2.75) is 6.10 Å². The Hall–Kier alpha value is -4.00. The molecule has 30 heavy (non-hydrogen) atoms. The van der Waals surface area contributed by atoms with Gasteiger partial charge < -0.3 is 19.9 Å². The molecule has 4 rings (SSSR count). The second-order valence-corrected chi connectivity index (χ2v) is 6.77. The van der Waals surface area contributed by atoms with Crippen molar-refractivity contribution in [3.8, 4) is 17.2 Å². The molecular weight excluding hydrogens is 382 g/mol. The highest BCUT2D eigenvalue weighted by Crippen LogP contribution is 2.25. The van der Waals surface area contributed by atoms with Crippen LogP contribution in [0.1, 0.15) is 5.56 Å². The minimum absolute atomic E-state index is 0.0167. The smallest absolute Gasteiger partial charge is 0.414 e. The van der Waals surface area contributed by atoms with Crippen LogP contribution in [0.5, 0.6) is 17.2 Å². The Labute approximate surface area is 174 Å². The second-order valence-electron chi connectivity index (χ2n) is 6.77. The van der Waals surface area contributed by atoms with Gasteiger partial charge in [0, 0.05) is 11.3 Å². The highest BCUT2D eigenvalue weighted by atomic mass is 16.6. The Morgan fingerprint density at radius 2 is 1.60 bits per heavy atom. The minimum atomic E-state index is -0.425. The lowest BCUT2D eigenvalue weighted by Crippen LogP contribution is -2.26. The number of amides is 1. The van der Waals surface area contributed by atoms with Crippen LogP contribution >= 0.6 is 0 Å². The van der Waals surface area contributed by atoms with Crippen LogP contribution in [0.3, 0.4) is 0 Å². The number of amidine groups is 1. The fraction of sp³-hybridized carbons (Fsp3) is 0.130. The molecule has 7 heteroatoms. The van der Waals surface area contributed by atoms with Gasteiger partial charge in [-0.2, -0.15) is 0 Å². The average Bonchev–Trinajstić information content (AvgIpc) is 3.14. The van der Waals surface area contributed by atoms with Crippen LogP contribution in [0.25, 0.3) is 0 Å². The van der Waals surface area contributed by atoms with E-state index in [2.05, 4.69) is 0 Å². The molecule has 0 aliphatic carbocycles. The number of anilines is 1. The molecule has 152 valence electrons. The molecule has 0 saturated carbocycles. The zero-order valence-corrected chi connectivity index (χ0v) is 16.2. The third-order valence-corrected chi connectivity index (χ3v) is 4.60. The molecule has 0 aromatic heterocycles. The van der Waals surface area contributed by atoms with E-state index >= 15 is 0 Å². The number of carbonyl (C=O) groups excluding carboxylic acids is 1. The molecule has 3 aromatic rings. The molecule has 1 aliphatic heterocycles. The molecule has 1 aliphatic rings. The van der Waals surface area contributed by atoms with E-state index in [1.165, 1.54) is 4.90 Å². The summed E-state index contributed by atoms with van der Waals surface area (Å²) in [5.41, 5.74) is 6.76. The Morgan fingerprint density at radius 1 is 0.967 bits per heavy atom. The number of cyclic esters (lactones) is 1. The Balaban J connectivity index is 1.31. The number of nitrogens with zero attached hydrogens (tertiary/aromatic N) is 1. The number of para-hydroxylation sites is 1. The van der Waals surface area contributed by atoms with E-state index in [1.807, 2.05) is 54.6 Å². The summed E-state index contributed by atoms with van der Waals surface area (Å²) < 4.78 is 16.9. The molecular formula is C23H21N3O4. The molecule has 0 bridgehead atoms. The zero-order chi connectivity index (χ0) is 20.9. The fourth-order valence-corrected chi connectivity index (χ4v) is 3.06. The number of benzene rings is 3. The molecule has 0 spiro atoms. The normalized spacial score (nSPS) is 15.5. The average molecular weight is 403 g/mol. The third kappa shape index (κ3) is 4.52. The summed E-state index contributed by atoms with van der Waals surface area (Å²) in [7, 11) is 0. The third-order valence-electron chi connectivity index (χ3n) is 4.60. The SMILES string of the molecule is N=C(N)c1ccc(N2CC(COc3ccc(Oc4ccccc4)cc3)OC2=O)cc1. The lowest BCUT2D eigenvalue weighted by Gasteiger charge is -2.14. The molecule has 3 N–H and O–H groups in total. The number of nitrogen functional groups attached to an aromatic ring is 1. The van der Waals surface area contributed by atoms with E-state index in [0.29, 0.717) is 29.3 Å². The van der Waals surface area contributed by atoms with Crippen molar-refractivity contribution in [1.82, 2.24) is 0 Å². The molecule has 1 unspecified atom stereocenters. The molecule has 0 radical (unpaired) electrons.